The average molecular weight is 565 g/mol. The number of anilines is 3. The Kier molecular flexibility index (Phi) is 6.47. The van der Waals surface area contributed by atoms with Crippen molar-refractivity contribution in [2.75, 3.05) is 4.90 Å². The van der Waals surface area contributed by atoms with E-state index in [0.717, 1.165) is 56.0 Å². The molecule has 0 unspecified atom stereocenters. The summed E-state index contributed by atoms with van der Waals surface area (Å²) >= 11 is 0. The minimum absolute atomic E-state index is 0.775. The third-order valence-corrected chi connectivity index (χ3v) is 8.10. The highest BCUT2D eigenvalue weighted by atomic mass is 16.3. The van der Waals surface area contributed by atoms with Crippen molar-refractivity contribution in [1.29, 1.82) is 0 Å². The van der Waals surface area contributed by atoms with Gasteiger partial charge < -0.3 is 4.42 Å². The first-order valence-corrected chi connectivity index (χ1v) is 14.8. The summed E-state index contributed by atoms with van der Waals surface area (Å²) in [4.78, 5) is 7.50. The summed E-state index contributed by atoms with van der Waals surface area (Å²) in [5.74, 6) is 0.821. The van der Waals surface area contributed by atoms with Crippen LogP contribution in [0.25, 0.3) is 55.4 Å². The van der Waals surface area contributed by atoms with Crippen molar-refractivity contribution >= 4 is 39.3 Å². The number of aromatic nitrogens is 1. The fourth-order valence-electron chi connectivity index (χ4n) is 5.92. The Morgan fingerprint density at radius 2 is 1.00 bits per heavy atom. The highest BCUT2D eigenvalue weighted by molar-refractivity contribution is 6.03. The van der Waals surface area contributed by atoms with Crippen LogP contribution in [0.15, 0.2) is 174 Å². The van der Waals surface area contributed by atoms with E-state index in [1.165, 1.54) is 16.7 Å². The molecule has 0 spiro atoms. The number of fused-ring (bicyclic) bond motifs is 3. The smallest absolute Gasteiger partial charge is 0.154 e. The standard InChI is InChI=1S/C41H28N2O/c1-4-12-29(13-5-1)31-20-23-34(24-21-31)43(40-27-26-39-41(42-40)35-18-10-11-19-38(35)44-39)37-25-22-33(30-14-6-2-7-15-30)28-36(37)32-16-8-3-9-17-32/h1-28H. The van der Waals surface area contributed by atoms with Crippen LogP contribution < -0.4 is 4.90 Å². The Balaban J connectivity index is 1.35. The molecule has 0 bridgehead atoms. The maximum absolute atomic E-state index is 6.14. The van der Waals surface area contributed by atoms with E-state index in [4.69, 9.17) is 9.40 Å². The molecule has 0 aliphatic heterocycles. The van der Waals surface area contributed by atoms with Gasteiger partial charge >= 0.3 is 0 Å². The van der Waals surface area contributed by atoms with Gasteiger partial charge in [0, 0.05) is 16.6 Å². The molecule has 44 heavy (non-hydrogen) atoms. The Morgan fingerprint density at radius 1 is 0.432 bits per heavy atom. The second kappa shape index (κ2) is 11.0. The SMILES string of the molecule is c1ccc(-c2ccc(N(c3ccc4oc5ccccc5c4n3)c3ccc(-c4ccccc4)cc3-c3ccccc3)cc2)cc1. The van der Waals surface area contributed by atoms with Gasteiger partial charge in [0.25, 0.3) is 0 Å². The zero-order valence-electron chi connectivity index (χ0n) is 24.0. The van der Waals surface area contributed by atoms with Gasteiger partial charge in [-0.1, -0.05) is 121 Å². The molecule has 6 aromatic carbocycles. The number of para-hydroxylation sites is 1. The Labute approximate surface area is 256 Å². The summed E-state index contributed by atoms with van der Waals surface area (Å²) in [6.07, 6.45) is 0. The van der Waals surface area contributed by atoms with Crippen LogP contribution in [-0.2, 0) is 0 Å². The highest BCUT2D eigenvalue weighted by Gasteiger charge is 2.21. The maximum Gasteiger partial charge on any atom is 0.154 e. The van der Waals surface area contributed by atoms with Gasteiger partial charge in [-0.15, -0.1) is 0 Å². The number of furan rings is 1. The van der Waals surface area contributed by atoms with Crippen LogP contribution in [0.4, 0.5) is 17.2 Å². The molecule has 0 aliphatic rings. The van der Waals surface area contributed by atoms with Crippen LogP contribution >= 0.6 is 0 Å². The van der Waals surface area contributed by atoms with E-state index in [1.807, 2.05) is 30.3 Å². The van der Waals surface area contributed by atoms with Gasteiger partial charge in [-0.3, -0.25) is 4.90 Å². The average Bonchev–Trinajstić information content (AvgIpc) is 3.48. The minimum atomic E-state index is 0.775. The zero-order valence-corrected chi connectivity index (χ0v) is 24.0. The van der Waals surface area contributed by atoms with Gasteiger partial charge in [0.1, 0.15) is 16.9 Å². The Morgan fingerprint density at radius 3 is 1.70 bits per heavy atom. The second-order valence-electron chi connectivity index (χ2n) is 10.8. The molecule has 8 aromatic rings. The first-order chi connectivity index (χ1) is 21.8. The third-order valence-electron chi connectivity index (χ3n) is 8.10. The summed E-state index contributed by atoms with van der Waals surface area (Å²) in [5.41, 5.74) is 11.5. The maximum atomic E-state index is 6.14. The lowest BCUT2D eigenvalue weighted by molar-refractivity contribution is 0.668. The predicted molar refractivity (Wildman–Crippen MR) is 183 cm³/mol. The largest absolute Gasteiger partial charge is 0.454 e. The van der Waals surface area contributed by atoms with E-state index >= 15 is 0 Å². The van der Waals surface area contributed by atoms with Crippen molar-refractivity contribution in [2.45, 2.75) is 0 Å². The molecule has 0 fully saturated rings. The van der Waals surface area contributed by atoms with Crippen LogP contribution in [0.2, 0.25) is 0 Å². The molecule has 3 heteroatoms. The normalized spacial score (nSPS) is 11.2. The first kappa shape index (κ1) is 25.8. The van der Waals surface area contributed by atoms with E-state index < -0.39 is 0 Å². The summed E-state index contributed by atoms with van der Waals surface area (Å²) in [7, 11) is 0. The molecule has 0 saturated carbocycles. The monoisotopic (exact) mass is 564 g/mol. The van der Waals surface area contributed by atoms with Crippen LogP contribution in [0.1, 0.15) is 0 Å². The number of nitrogens with zero attached hydrogens (tertiary/aromatic N) is 2. The summed E-state index contributed by atoms with van der Waals surface area (Å²) in [6, 6.07) is 59.2. The van der Waals surface area contributed by atoms with Gasteiger partial charge in [-0.25, -0.2) is 4.98 Å². The quantitative estimate of drug-likeness (QED) is 0.201. The summed E-state index contributed by atoms with van der Waals surface area (Å²) in [6.45, 7) is 0. The number of hydrogen-bond donors (Lipinski definition) is 0. The number of benzene rings is 6. The molecule has 0 N–H and O–H groups in total. The highest BCUT2D eigenvalue weighted by Crippen LogP contribution is 2.43. The van der Waals surface area contributed by atoms with E-state index in [9.17, 15) is 0 Å². The lowest BCUT2D eigenvalue weighted by Gasteiger charge is -2.27. The van der Waals surface area contributed by atoms with Gasteiger partial charge in [0.15, 0.2) is 5.58 Å². The summed E-state index contributed by atoms with van der Waals surface area (Å²) < 4.78 is 6.14. The lowest BCUT2D eigenvalue weighted by Crippen LogP contribution is -2.13. The number of pyridine rings is 1. The molecule has 0 amide bonds. The van der Waals surface area contributed by atoms with Crippen molar-refractivity contribution in [3.63, 3.8) is 0 Å². The minimum Gasteiger partial charge on any atom is -0.454 e. The first-order valence-electron chi connectivity index (χ1n) is 14.8. The molecule has 2 heterocycles. The fraction of sp³-hybridized carbons (Fsp3) is 0. The molecule has 0 radical (unpaired) electrons. The molecule has 8 rings (SSSR count). The molecule has 2 aromatic heterocycles. The van der Waals surface area contributed by atoms with Crippen molar-refractivity contribution in [3.05, 3.63) is 170 Å². The zero-order chi connectivity index (χ0) is 29.3. The predicted octanol–water partition coefficient (Wildman–Crippen LogP) is 11.5. The Hall–Kier alpha value is -5.93. The van der Waals surface area contributed by atoms with Crippen molar-refractivity contribution in [1.82, 2.24) is 4.98 Å². The molecule has 0 aliphatic carbocycles. The van der Waals surface area contributed by atoms with Crippen LogP contribution in [-0.4, -0.2) is 4.98 Å². The van der Waals surface area contributed by atoms with Crippen molar-refractivity contribution < 1.29 is 4.42 Å². The molecule has 3 nitrogen and oxygen atoms in total. The van der Waals surface area contributed by atoms with Crippen LogP contribution in [0.3, 0.4) is 0 Å². The summed E-state index contributed by atoms with van der Waals surface area (Å²) in [5, 5.41) is 1.01. The van der Waals surface area contributed by atoms with Crippen molar-refractivity contribution in [2.24, 2.45) is 0 Å². The van der Waals surface area contributed by atoms with Crippen LogP contribution in [0.5, 0.6) is 0 Å². The van der Waals surface area contributed by atoms with E-state index in [-0.39, 0.29) is 0 Å². The van der Waals surface area contributed by atoms with Gasteiger partial charge in [0.2, 0.25) is 0 Å². The molecule has 0 atom stereocenters. The third kappa shape index (κ3) is 4.71. The van der Waals surface area contributed by atoms with E-state index in [1.54, 1.807) is 0 Å². The number of hydrogen-bond acceptors (Lipinski definition) is 3. The van der Waals surface area contributed by atoms with Gasteiger partial charge in [-0.05, 0) is 76.3 Å². The second-order valence-corrected chi connectivity index (χ2v) is 10.8. The molecular weight excluding hydrogens is 536 g/mol. The molecule has 0 saturated heterocycles. The number of rotatable bonds is 6. The Bertz CT molecular complexity index is 2200. The van der Waals surface area contributed by atoms with E-state index in [0.29, 0.717) is 0 Å². The topological polar surface area (TPSA) is 29.3 Å². The molecule has 208 valence electrons. The van der Waals surface area contributed by atoms with E-state index in [2.05, 4.69) is 144 Å². The van der Waals surface area contributed by atoms with Gasteiger partial charge in [-0.2, -0.15) is 0 Å². The van der Waals surface area contributed by atoms with Crippen molar-refractivity contribution in [3.8, 4) is 33.4 Å². The lowest BCUT2D eigenvalue weighted by atomic mass is 9.96. The van der Waals surface area contributed by atoms with Gasteiger partial charge in [0.05, 0.1) is 5.69 Å². The van der Waals surface area contributed by atoms with Crippen LogP contribution in [0, 0.1) is 0 Å². The molecular formula is C41H28N2O. The fourth-order valence-corrected chi connectivity index (χ4v) is 5.92.